The Bertz CT molecular complexity index is 961. The summed E-state index contributed by atoms with van der Waals surface area (Å²) >= 11 is 1.36. The van der Waals surface area contributed by atoms with Crippen LogP contribution in [0.15, 0.2) is 34.4 Å². The Hall–Kier alpha value is -2.54. The van der Waals surface area contributed by atoms with Gasteiger partial charge in [-0.2, -0.15) is 5.10 Å². The van der Waals surface area contributed by atoms with Gasteiger partial charge in [-0.1, -0.05) is 38.0 Å². The summed E-state index contributed by atoms with van der Waals surface area (Å²) in [6.07, 6.45) is 2.93. The molecule has 6 nitrogen and oxygen atoms in total. The second-order valence-electron chi connectivity index (χ2n) is 5.88. The number of carbonyl (C=O) groups is 1. The highest BCUT2D eigenvalue weighted by atomic mass is 32.1. The summed E-state index contributed by atoms with van der Waals surface area (Å²) in [4.78, 5) is 29.6. The lowest BCUT2D eigenvalue weighted by Gasteiger charge is -2.10. The number of anilines is 1. The van der Waals surface area contributed by atoms with Crippen LogP contribution in [-0.2, 0) is 6.54 Å². The van der Waals surface area contributed by atoms with Crippen molar-refractivity contribution in [2.45, 2.75) is 39.7 Å². The number of nitrogens with zero attached hydrogens (tertiary/aromatic N) is 3. The van der Waals surface area contributed by atoms with Gasteiger partial charge in [0.15, 0.2) is 10.8 Å². The first-order valence-corrected chi connectivity index (χ1v) is 9.21. The fourth-order valence-corrected chi connectivity index (χ4v) is 3.32. The molecule has 0 aliphatic rings. The van der Waals surface area contributed by atoms with Gasteiger partial charge in [-0.25, -0.2) is 9.67 Å². The molecule has 2 aromatic heterocycles. The first-order chi connectivity index (χ1) is 12.1. The van der Waals surface area contributed by atoms with Crippen LogP contribution in [0.4, 0.5) is 5.13 Å². The second kappa shape index (κ2) is 7.57. The van der Waals surface area contributed by atoms with E-state index in [9.17, 15) is 9.59 Å². The van der Waals surface area contributed by atoms with Crippen LogP contribution in [0.1, 0.15) is 42.4 Å². The summed E-state index contributed by atoms with van der Waals surface area (Å²) in [5, 5.41) is 10.6. The van der Waals surface area contributed by atoms with Crippen molar-refractivity contribution in [3.63, 3.8) is 0 Å². The number of hydrogen-bond acceptors (Lipinski definition) is 5. The highest BCUT2D eigenvalue weighted by Gasteiger charge is 2.17. The molecule has 1 N–H and O–H groups in total. The van der Waals surface area contributed by atoms with E-state index in [4.69, 9.17) is 0 Å². The maximum absolute atomic E-state index is 12.7. The molecule has 0 saturated heterocycles. The predicted octanol–water partition coefficient (Wildman–Crippen LogP) is 3.60. The Morgan fingerprint density at radius 2 is 2.00 bits per heavy atom. The standard InChI is InChI=1S/C18H20N4O2S/c1-3-4-7-10-22-17(24)14-9-6-5-8-13(14)15(21-22)16(23)20-18-19-12(2)11-25-18/h5-6,8-9,11H,3-4,7,10H2,1-2H3,(H,19,20,23). The molecular formula is C18H20N4O2S. The molecule has 0 aliphatic carbocycles. The Kier molecular flexibility index (Phi) is 5.23. The molecule has 130 valence electrons. The van der Waals surface area contributed by atoms with Crippen LogP contribution in [-0.4, -0.2) is 20.7 Å². The van der Waals surface area contributed by atoms with Crippen LogP contribution >= 0.6 is 11.3 Å². The Labute approximate surface area is 149 Å². The third-order valence-electron chi connectivity index (χ3n) is 3.90. The van der Waals surface area contributed by atoms with Gasteiger partial charge in [0.05, 0.1) is 11.1 Å². The number of hydrogen-bond donors (Lipinski definition) is 1. The zero-order valence-corrected chi connectivity index (χ0v) is 15.1. The van der Waals surface area contributed by atoms with Crippen molar-refractivity contribution < 1.29 is 4.79 Å². The average Bonchev–Trinajstić information content (AvgIpc) is 3.02. The molecule has 0 radical (unpaired) electrons. The lowest BCUT2D eigenvalue weighted by molar-refractivity contribution is 0.102. The predicted molar refractivity (Wildman–Crippen MR) is 100 cm³/mol. The molecule has 0 unspecified atom stereocenters. The summed E-state index contributed by atoms with van der Waals surface area (Å²) < 4.78 is 1.40. The number of carbonyl (C=O) groups excluding carboxylic acids is 1. The molecule has 3 aromatic rings. The minimum absolute atomic E-state index is 0.159. The molecule has 0 saturated carbocycles. The largest absolute Gasteiger partial charge is 0.296 e. The van der Waals surface area contributed by atoms with Gasteiger partial charge in [-0.05, 0) is 19.4 Å². The Balaban J connectivity index is 2.01. The SMILES string of the molecule is CCCCCn1nc(C(=O)Nc2nc(C)cs2)c2ccccc2c1=O. The molecule has 0 spiro atoms. The third kappa shape index (κ3) is 3.76. The van der Waals surface area contributed by atoms with E-state index in [1.807, 2.05) is 12.3 Å². The molecule has 0 aliphatic heterocycles. The average molecular weight is 356 g/mol. The Morgan fingerprint density at radius 3 is 2.68 bits per heavy atom. The van der Waals surface area contributed by atoms with Gasteiger partial charge in [0.25, 0.3) is 11.5 Å². The van der Waals surface area contributed by atoms with Crippen molar-refractivity contribution in [3.8, 4) is 0 Å². The lowest BCUT2D eigenvalue weighted by atomic mass is 10.1. The maximum Gasteiger partial charge on any atom is 0.278 e. The molecule has 0 bridgehead atoms. The van der Waals surface area contributed by atoms with E-state index >= 15 is 0 Å². The van der Waals surface area contributed by atoms with Crippen LogP contribution in [0.3, 0.4) is 0 Å². The van der Waals surface area contributed by atoms with Crippen molar-refractivity contribution >= 4 is 33.1 Å². The van der Waals surface area contributed by atoms with E-state index in [-0.39, 0.29) is 17.2 Å². The van der Waals surface area contributed by atoms with Crippen LogP contribution in [0, 0.1) is 6.92 Å². The number of rotatable bonds is 6. The molecule has 1 amide bonds. The van der Waals surface area contributed by atoms with E-state index in [1.165, 1.54) is 16.0 Å². The third-order valence-corrected chi connectivity index (χ3v) is 4.77. The van der Waals surface area contributed by atoms with E-state index < -0.39 is 0 Å². The normalized spacial score (nSPS) is 11.0. The fraction of sp³-hybridized carbons (Fsp3) is 0.333. The van der Waals surface area contributed by atoms with Crippen molar-refractivity contribution in [3.05, 3.63) is 51.4 Å². The van der Waals surface area contributed by atoms with Crippen LogP contribution in [0.25, 0.3) is 10.8 Å². The minimum Gasteiger partial charge on any atom is -0.296 e. The van der Waals surface area contributed by atoms with E-state index in [0.29, 0.717) is 22.4 Å². The molecule has 25 heavy (non-hydrogen) atoms. The van der Waals surface area contributed by atoms with Gasteiger partial charge >= 0.3 is 0 Å². The van der Waals surface area contributed by atoms with Gasteiger partial charge in [0.1, 0.15) is 0 Å². The summed E-state index contributed by atoms with van der Waals surface area (Å²) in [7, 11) is 0. The molecule has 7 heteroatoms. The van der Waals surface area contributed by atoms with Gasteiger partial charge in [-0.3, -0.25) is 14.9 Å². The number of unbranched alkanes of at least 4 members (excludes halogenated alkanes) is 2. The number of aromatic nitrogens is 3. The molecule has 2 heterocycles. The van der Waals surface area contributed by atoms with Crippen molar-refractivity contribution in [1.82, 2.24) is 14.8 Å². The van der Waals surface area contributed by atoms with E-state index in [1.54, 1.807) is 24.3 Å². The second-order valence-corrected chi connectivity index (χ2v) is 6.74. The summed E-state index contributed by atoms with van der Waals surface area (Å²) in [6.45, 7) is 4.48. The van der Waals surface area contributed by atoms with Crippen LogP contribution in [0.5, 0.6) is 0 Å². The quantitative estimate of drug-likeness (QED) is 0.685. The van der Waals surface area contributed by atoms with E-state index in [0.717, 1.165) is 25.0 Å². The number of amides is 1. The lowest BCUT2D eigenvalue weighted by Crippen LogP contribution is -2.27. The zero-order valence-electron chi connectivity index (χ0n) is 14.3. The van der Waals surface area contributed by atoms with Gasteiger partial charge in [-0.15, -0.1) is 11.3 Å². The van der Waals surface area contributed by atoms with Gasteiger partial charge < -0.3 is 0 Å². The van der Waals surface area contributed by atoms with Crippen molar-refractivity contribution in [2.75, 3.05) is 5.32 Å². The van der Waals surface area contributed by atoms with Crippen molar-refractivity contribution in [1.29, 1.82) is 0 Å². The summed E-state index contributed by atoms with van der Waals surface area (Å²) in [6, 6.07) is 7.09. The van der Waals surface area contributed by atoms with E-state index in [2.05, 4.69) is 22.3 Å². The number of aryl methyl sites for hydroxylation is 2. The number of thiazole rings is 1. The smallest absolute Gasteiger partial charge is 0.278 e. The zero-order chi connectivity index (χ0) is 17.8. The molecule has 3 rings (SSSR count). The van der Waals surface area contributed by atoms with Gasteiger partial charge in [0, 0.05) is 17.3 Å². The topological polar surface area (TPSA) is 76.9 Å². The highest BCUT2D eigenvalue weighted by molar-refractivity contribution is 7.13. The number of benzene rings is 1. The number of fused-ring (bicyclic) bond motifs is 1. The fourth-order valence-electron chi connectivity index (χ4n) is 2.63. The molecule has 0 fully saturated rings. The monoisotopic (exact) mass is 356 g/mol. The van der Waals surface area contributed by atoms with Gasteiger partial charge in [0.2, 0.25) is 0 Å². The maximum atomic E-state index is 12.7. The first kappa shape index (κ1) is 17.3. The summed E-state index contributed by atoms with van der Waals surface area (Å²) in [5.74, 6) is -0.352. The van der Waals surface area contributed by atoms with Crippen LogP contribution < -0.4 is 10.9 Å². The molecule has 0 atom stereocenters. The molecular weight excluding hydrogens is 336 g/mol. The van der Waals surface area contributed by atoms with Crippen molar-refractivity contribution in [2.24, 2.45) is 0 Å². The first-order valence-electron chi connectivity index (χ1n) is 8.33. The number of nitrogens with one attached hydrogen (secondary N) is 1. The minimum atomic E-state index is -0.352. The highest BCUT2D eigenvalue weighted by Crippen LogP contribution is 2.18. The Morgan fingerprint density at radius 1 is 1.24 bits per heavy atom. The molecule has 1 aromatic carbocycles. The summed E-state index contributed by atoms with van der Waals surface area (Å²) in [5.41, 5.74) is 0.940. The van der Waals surface area contributed by atoms with Crippen LogP contribution in [0.2, 0.25) is 0 Å².